The van der Waals surface area contributed by atoms with Gasteiger partial charge in [0.1, 0.15) is 0 Å². The summed E-state index contributed by atoms with van der Waals surface area (Å²) in [5.74, 6) is 1.17. The van der Waals surface area contributed by atoms with E-state index >= 15 is 0 Å². The highest BCUT2D eigenvalue weighted by molar-refractivity contribution is 5.90. The minimum atomic E-state index is -0.284. The van der Waals surface area contributed by atoms with Gasteiger partial charge in [-0.05, 0) is 42.9 Å². The van der Waals surface area contributed by atoms with Crippen LogP contribution in [0, 0.1) is 11.8 Å². The van der Waals surface area contributed by atoms with Crippen LogP contribution in [0.25, 0.3) is 0 Å². The molecule has 1 aromatic carbocycles. The third kappa shape index (κ3) is 3.49. The SMILES string of the molecule is COC(=O)c1cccc(NC2CC(C)CCC2C)c1. The second kappa shape index (κ2) is 6.09. The van der Waals surface area contributed by atoms with Crippen LogP contribution in [-0.2, 0) is 4.74 Å². The van der Waals surface area contributed by atoms with Gasteiger partial charge in [0.15, 0.2) is 0 Å². The summed E-state index contributed by atoms with van der Waals surface area (Å²) in [5.41, 5.74) is 1.61. The van der Waals surface area contributed by atoms with Gasteiger partial charge in [0.2, 0.25) is 0 Å². The third-order valence-corrected chi connectivity index (χ3v) is 4.09. The molecule has 0 amide bonds. The zero-order valence-electron chi connectivity index (χ0n) is 12.0. The first-order valence-electron chi connectivity index (χ1n) is 7.05. The predicted molar refractivity (Wildman–Crippen MR) is 77.4 cm³/mol. The van der Waals surface area contributed by atoms with Gasteiger partial charge >= 0.3 is 5.97 Å². The maximum Gasteiger partial charge on any atom is 0.337 e. The van der Waals surface area contributed by atoms with Crippen LogP contribution in [0.5, 0.6) is 0 Å². The molecule has 3 unspecified atom stereocenters. The van der Waals surface area contributed by atoms with Crippen LogP contribution in [-0.4, -0.2) is 19.1 Å². The summed E-state index contributed by atoms with van der Waals surface area (Å²) in [5, 5.41) is 3.57. The molecule has 0 aromatic heterocycles. The average Bonchev–Trinajstić information content (AvgIpc) is 2.42. The summed E-state index contributed by atoms with van der Waals surface area (Å²) in [7, 11) is 1.41. The van der Waals surface area contributed by atoms with Crippen molar-refractivity contribution in [2.45, 2.75) is 39.2 Å². The van der Waals surface area contributed by atoms with Crippen molar-refractivity contribution in [3.8, 4) is 0 Å². The molecule has 1 aliphatic carbocycles. The van der Waals surface area contributed by atoms with Gasteiger partial charge in [-0.15, -0.1) is 0 Å². The van der Waals surface area contributed by atoms with E-state index in [9.17, 15) is 4.79 Å². The Balaban J connectivity index is 2.08. The minimum Gasteiger partial charge on any atom is -0.465 e. The highest BCUT2D eigenvalue weighted by Crippen LogP contribution is 2.30. The smallest absolute Gasteiger partial charge is 0.337 e. The lowest BCUT2D eigenvalue weighted by molar-refractivity contribution is 0.0601. The predicted octanol–water partition coefficient (Wildman–Crippen LogP) is 3.71. The molecule has 0 spiro atoms. The summed E-state index contributed by atoms with van der Waals surface area (Å²) in [6.45, 7) is 4.61. The van der Waals surface area contributed by atoms with E-state index in [0.717, 1.165) is 11.6 Å². The molecule has 0 heterocycles. The molecule has 0 bridgehead atoms. The number of esters is 1. The van der Waals surface area contributed by atoms with Crippen molar-refractivity contribution in [3.63, 3.8) is 0 Å². The maximum absolute atomic E-state index is 11.5. The fourth-order valence-corrected chi connectivity index (χ4v) is 2.80. The molecule has 1 aliphatic rings. The van der Waals surface area contributed by atoms with Crippen molar-refractivity contribution < 1.29 is 9.53 Å². The number of hydrogen-bond acceptors (Lipinski definition) is 3. The minimum absolute atomic E-state index is 0.284. The molecule has 3 atom stereocenters. The monoisotopic (exact) mass is 261 g/mol. The van der Waals surface area contributed by atoms with Crippen LogP contribution in [0.4, 0.5) is 5.69 Å². The summed E-state index contributed by atoms with van der Waals surface area (Å²) < 4.78 is 4.75. The quantitative estimate of drug-likeness (QED) is 0.843. The zero-order chi connectivity index (χ0) is 13.8. The van der Waals surface area contributed by atoms with E-state index in [-0.39, 0.29) is 5.97 Å². The van der Waals surface area contributed by atoms with Crippen LogP contribution in [0.1, 0.15) is 43.5 Å². The van der Waals surface area contributed by atoms with Crippen molar-refractivity contribution in [3.05, 3.63) is 29.8 Å². The first-order valence-corrected chi connectivity index (χ1v) is 7.05. The number of ether oxygens (including phenoxy) is 1. The van der Waals surface area contributed by atoms with Crippen LogP contribution in [0.3, 0.4) is 0 Å². The van der Waals surface area contributed by atoms with Crippen molar-refractivity contribution in [1.29, 1.82) is 0 Å². The maximum atomic E-state index is 11.5. The zero-order valence-corrected chi connectivity index (χ0v) is 12.0. The Kier molecular flexibility index (Phi) is 4.46. The van der Waals surface area contributed by atoms with Crippen molar-refractivity contribution >= 4 is 11.7 Å². The summed E-state index contributed by atoms with van der Waals surface area (Å²) in [6.07, 6.45) is 3.79. The highest BCUT2D eigenvalue weighted by atomic mass is 16.5. The van der Waals surface area contributed by atoms with E-state index in [1.807, 2.05) is 18.2 Å². The molecule has 0 aliphatic heterocycles. The molecular weight excluding hydrogens is 238 g/mol. The molecule has 0 saturated heterocycles. The number of carbonyl (C=O) groups excluding carboxylic acids is 1. The molecule has 3 nitrogen and oxygen atoms in total. The number of methoxy groups -OCH3 is 1. The van der Waals surface area contributed by atoms with E-state index < -0.39 is 0 Å². The Morgan fingerprint density at radius 1 is 1.32 bits per heavy atom. The Hall–Kier alpha value is -1.51. The van der Waals surface area contributed by atoms with Crippen LogP contribution >= 0.6 is 0 Å². The molecule has 1 N–H and O–H groups in total. The standard InChI is InChI=1S/C16H23NO2/c1-11-7-8-12(2)15(9-11)17-14-6-4-5-13(10-14)16(18)19-3/h4-6,10-12,15,17H,7-9H2,1-3H3. The first kappa shape index (κ1) is 13.9. The number of rotatable bonds is 3. The Morgan fingerprint density at radius 2 is 2.11 bits per heavy atom. The first-order chi connectivity index (χ1) is 9.10. The molecule has 19 heavy (non-hydrogen) atoms. The Morgan fingerprint density at radius 3 is 2.84 bits per heavy atom. The van der Waals surface area contributed by atoms with Crippen LogP contribution in [0.15, 0.2) is 24.3 Å². The van der Waals surface area contributed by atoms with Crippen molar-refractivity contribution in [2.75, 3.05) is 12.4 Å². The highest BCUT2D eigenvalue weighted by Gasteiger charge is 2.25. The van der Waals surface area contributed by atoms with E-state index in [4.69, 9.17) is 4.74 Å². The Bertz CT molecular complexity index is 444. The second-order valence-corrected chi connectivity index (χ2v) is 5.72. The van der Waals surface area contributed by atoms with Crippen molar-refractivity contribution in [1.82, 2.24) is 0 Å². The van der Waals surface area contributed by atoms with E-state index in [1.165, 1.54) is 26.4 Å². The largest absolute Gasteiger partial charge is 0.465 e. The second-order valence-electron chi connectivity index (χ2n) is 5.72. The van der Waals surface area contributed by atoms with Gasteiger partial charge in [0.25, 0.3) is 0 Å². The lowest BCUT2D eigenvalue weighted by Crippen LogP contribution is -2.33. The average molecular weight is 261 g/mol. The van der Waals surface area contributed by atoms with E-state index in [0.29, 0.717) is 17.5 Å². The fourth-order valence-electron chi connectivity index (χ4n) is 2.80. The van der Waals surface area contributed by atoms with Gasteiger partial charge in [0.05, 0.1) is 12.7 Å². The van der Waals surface area contributed by atoms with Gasteiger partial charge in [-0.3, -0.25) is 0 Å². The number of benzene rings is 1. The van der Waals surface area contributed by atoms with Gasteiger partial charge in [-0.25, -0.2) is 4.79 Å². The van der Waals surface area contributed by atoms with E-state index in [2.05, 4.69) is 19.2 Å². The fraction of sp³-hybridized carbons (Fsp3) is 0.562. The molecule has 1 aromatic rings. The van der Waals surface area contributed by atoms with Gasteiger partial charge in [0, 0.05) is 11.7 Å². The van der Waals surface area contributed by atoms with Gasteiger partial charge < -0.3 is 10.1 Å². The summed E-state index contributed by atoms with van der Waals surface area (Å²) >= 11 is 0. The molecule has 104 valence electrons. The Labute approximate surface area is 115 Å². The lowest BCUT2D eigenvalue weighted by Gasteiger charge is -2.34. The molecule has 1 fully saturated rings. The number of nitrogens with one attached hydrogen (secondary N) is 1. The number of carbonyl (C=O) groups is 1. The molecule has 2 rings (SSSR count). The molecular formula is C16H23NO2. The number of hydrogen-bond donors (Lipinski definition) is 1. The normalized spacial score (nSPS) is 26.8. The van der Waals surface area contributed by atoms with Crippen LogP contribution in [0.2, 0.25) is 0 Å². The summed E-state index contributed by atoms with van der Waals surface area (Å²) in [6, 6.07) is 8.06. The summed E-state index contributed by atoms with van der Waals surface area (Å²) in [4.78, 5) is 11.5. The molecule has 3 heteroatoms. The topological polar surface area (TPSA) is 38.3 Å². The molecule has 0 radical (unpaired) electrons. The van der Waals surface area contributed by atoms with E-state index in [1.54, 1.807) is 6.07 Å². The molecule has 1 saturated carbocycles. The van der Waals surface area contributed by atoms with Gasteiger partial charge in [-0.1, -0.05) is 26.3 Å². The van der Waals surface area contributed by atoms with Gasteiger partial charge in [-0.2, -0.15) is 0 Å². The van der Waals surface area contributed by atoms with Crippen molar-refractivity contribution in [2.24, 2.45) is 11.8 Å². The lowest BCUT2D eigenvalue weighted by atomic mass is 9.80. The number of anilines is 1. The third-order valence-electron chi connectivity index (χ3n) is 4.09. The van der Waals surface area contributed by atoms with Crippen LogP contribution < -0.4 is 5.32 Å².